The van der Waals surface area contributed by atoms with Gasteiger partial charge in [0.2, 0.25) is 0 Å². The maximum absolute atomic E-state index is 12.9. The van der Waals surface area contributed by atoms with E-state index in [0.717, 1.165) is 15.9 Å². The fourth-order valence-corrected chi connectivity index (χ4v) is 4.26. The third kappa shape index (κ3) is 5.03. The Hall–Kier alpha value is -3.92. The van der Waals surface area contributed by atoms with E-state index >= 15 is 0 Å². The largest absolute Gasteiger partial charge is 0.484 e. The van der Waals surface area contributed by atoms with Gasteiger partial charge in [-0.25, -0.2) is 8.42 Å². The van der Waals surface area contributed by atoms with Crippen LogP contribution in [0.5, 0.6) is 5.75 Å². The van der Waals surface area contributed by atoms with Gasteiger partial charge in [0.1, 0.15) is 5.75 Å². The van der Waals surface area contributed by atoms with E-state index in [1.807, 2.05) is 25.1 Å². The van der Waals surface area contributed by atoms with E-state index in [-0.39, 0.29) is 18.2 Å². The first kappa shape index (κ1) is 22.8. The zero-order chi connectivity index (χ0) is 23.3. The van der Waals surface area contributed by atoms with Crippen molar-refractivity contribution in [2.75, 3.05) is 23.3 Å². The molecule has 0 aliphatic carbocycles. The second-order valence-electron chi connectivity index (χ2n) is 6.84. The number of nitrogens with one attached hydrogen (secondary N) is 1. The summed E-state index contributed by atoms with van der Waals surface area (Å²) in [6.07, 6.45) is 0. The molecule has 10 heteroatoms. The highest BCUT2D eigenvalue weighted by molar-refractivity contribution is 7.93. The number of sulfonamides is 1. The number of aryl methyl sites for hydroxylation is 1. The molecule has 0 fully saturated rings. The number of nitrogens with zero attached hydrogens (tertiary/aromatic N) is 2. The third-order valence-electron chi connectivity index (χ3n) is 4.69. The van der Waals surface area contributed by atoms with Crippen LogP contribution in [0.4, 0.5) is 17.1 Å². The zero-order valence-electron chi connectivity index (χ0n) is 17.4. The highest BCUT2D eigenvalue weighted by Crippen LogP contribution is 2.29. The van der Waals surface area contributed by atoms with Gasteiger partial charge in [0.15, 0.2) is 11.5 Å². The van der Waals surface area contributed by atoms with E-state index < -0.39 is 25.5 Å². The summed E-state index contributed by atoms with van der Waals surface area (Å²) in [7, 11) is -2.86. The molecule has 0 atom stereocenters. The van der Waals surface area contributed by atoms with Crippen molar-refractivity contribution in [3.8, 4) is 5.75 Å². The van der Waals surface area contributed by atoms with Crippen LogP contribution in [0.15, 0.2) is 77.7 Å². The maximum atomic E-state index is 12.9. The number of carbonyl (C=O) groups excluding carboxylic acids is 1. The standard InChI is InChI=1S/C22H21N3O6S/c1-16-7-3-4-8-19(16)23-22(26)15-31-18-13-11-17(12-14-18)24(2)32(29,30)21-10-6-5-9-20(21)25(27)28/h3-14H,15H2,1-2H3,(H,23,26). The van der Waals surface area contributed by atoms with E-state index in [1.165, 1.54) is 49.5 Å². The smallest absolute Gasteiger partial charge is 0.289 e. The van der Waals surface area contributed by atoms with Crippen LogP contribution in [0.1, 0.15) is 5.56 Å². The van der Waals surface area contributed by atoms with Gasteiger partial charge >= 0.3 is 0 Å². The van der Waals surface area contributed by atoms with Gasteiger partial charge in [-0.3, -0.25) is 19.2 Å². The molecule has 32 heavy (non-hydrogen) atoms. The van der Waals surface area contributed by atoms with Crippen molar-refractivity contribution in [1.29, 1.82) is 0 Å². The van der Waals surface area contributed by atoms with Gasteiger partial charge in [-0.2, -0.15) is 0 Å². The monoisotopic (exact) mass is 455 g/mol. The first-order valence-corrected chi connectivity index (χ1v) is 10.9. The van der Waals surface area contributed by atoms with E-state index in [9.17, 15) is 23.3 Å². The Morgan fingerprint density at radius 2 is 1.66 bits per heavy atom. The number of amides is 1. The number of hydrogen-bond acceptors (Lipinski definition) is 6. The predicted octanol–water partition coefficient (Wildman–Crippen LogP) is 3.75. The summed E-state index contributed by atoms with van der Waals surface area (Å²) in [5.74, 6) is 0.0321. The zero-order valence-corrected chi connectivity index (χ0v) is 18.2. The normalized spacial score (nSPS) is 10.9. The Balaban J connectivity index is 1.68. The molecule has 0 heterocycles. The van der Waals surface area contributed by atoms with E-state index in [1.54, 1.807) is 6.07 Å². The molecule has 0 aliphatic heterocycles. The Morgan fingerprint density at radius 3 is 2.31 bits per heavy atom. The van der Waals surface area contributed by atoms with Crippen LogP contribution in [-0.2, 0) is 14.8 Å². The number of ether oxygens (including phenoxy) is 1. The number of nitro groups is 1. The second kappa shape index (κ2) is 9.48. The molecule has 9 nitrogen and oxygen atoms in total. The molecule has 0 saturated heterocycles. The van der Waals surface area contributed by atoms with E-state index in [0.29, 0.717) is 11.4 Å². The van der Waals surface area contributed by atoms with Crippen molar-refractivity contribution in [1.82, 2.24) is 0 Å². The molecule has 1 N–H and O–H groups in total. The van der Waals surface area contributed by atoms with Gasteiger partial charge in [-0.05, 0) is 48.9 Å². The number of hydrogen-bond donors (Lipinski definition) is 1. The molecule has 0 aromatic heterocycles. The number of para-hydroxylation sites is 2. The quantitative estimate of drug-likeness (QED) is 0.408. The SMILES string of the molecule is Cc1ccccc1NC(=O)COc1ccc(N(C)S(=O)(=O)c2ccccc2[N+](=O)[O-])cc1. The summed E-state index contributed by atoms with van der Waals surface area (Å²) < 4.78 is 32.2. The first-order chi connectivity index (χ1) is 15.2. The third-order valence-corrected chi connectivity index (χ3v) is 6.52. The molecule has 0 spiro atoms. The summed E-state index contributed by atoms with van der Waals surface area (Å²) in [6, 6.07) is 18.5. The van der Waals surface area contributed by atoms with Crippen LogP contribution in [0.3, 0.4) is 0 Å². The molecule has 166 valence electrons. The van der Waals surface area contributed by atoms with E-state index in [2.05, 4.69) is 5.32 Å². The fourth-order valence-electron chi connectivity index (χ4n) is 2.91. The molecule has 0 saturated carbocycles. The first-order valence-electron chi connectivity index (χ1n) is 9.51. The average Bonchev–Trinajstić information content (AvgIpc) is 2.79. The summed E-state index contributed by atoms with van der Waals surface area (Å²) in [4.78, 5) is 22.2. The van der Waals surface area contributed by atoms with Crippen molar-refractivity contribution < 1.29 is 22.9 Å². The second-order valence-corrected chi connectivity index (χ2v) is 8.78. The van der Waals surface area contributed by atoms with Gasteiger partial charge in [0.25, 0.3) is 21.6 Å². The van der Waals surface area contributed by atoms with Crippen LogP contribution in [-0.4, -0.2) is 32.9 Å². The van der Waals surface area contributed by atoms with Crippen molar-refractivity contribution in [2.45, 2.75) is 11.8 Å². The molecule has 0 bridgehead atoms. The highest BCUT2D eigenvalue weighted by atomic mass is 32.2. The summed E-state index contributed by atoms with van der Waals surface area (Å²) in [5.41, 5.74) is 1.39. The summed E-state index contributed by atoms with van der Waals surface area (Å²) in [5, 5.41) is 14.0. The number of nitro benzene ring substituents is 1. The van der Waals surface area contributed by atoms with Crippen LogP contribution in [0.2, 0.25) is 0 Å². The fraction of sp³-hybridized carbons (Fsp3) is 0.136. The lowest BCUT2D eigenvalue weighted by atomic mass is 10.2. The molecule has 0 radical (unpaired) electrons. The lowest BCUT2D eigenvalue weighted by Crippen LogP contribution is -2.27. The number of anilines is 2. The van der Waals surface area contributed by atoms with Crippen molar-refractivity contribution in [2.24, 2.45) is 0 Å². The molecule has 0 aliphatic rings. The van der Waals surface area contributed by atoms with Crippen LogP contribution in [0.25, 0.3) is 0 Å². The van der Waals surface area contributed by atoms with E-state index in [4.69, 9.17) is 4.74 Å². The summed E-state index contributed by atoms with van der Waals surface area (Å²) >= 11 is 0. The minimum absolute atomic E-state index is 0.224. The van der Waals surface area contributed by atoms with Gasteiger partial charge < -0.3 is 10.1 Å². The Labute approximate surface area is 185 Å². The average molecular weight is 455 g/mol. The Bertz CT molecular complexity index is 1240. The molecular weight excluding hydrogens is 434 g/mol. The summed E-state index contributed by atoms with van der Waals surface area (Å²) in [6.45, 7) is 1.65. The minimum Gasteiger partial charge on any atom is -0.484 e. The molecule has 3 aromatic rings. The minimum atomic E-state index is -4.16. The Morgan fingerprint density at radius 1 is 1.03 bits per heavy atom. The number of benzene rings is 3. The highest BCUT2D eigenvalue weighted by Gasteiger charge is 2.29. The molecule has 0 unspecified atom stereocenters. The lowest BCUT2D eigenvalue weighted by Gasteiger charge is -2.19. The molecule has 3 aromatic carbocycles. The van der Waals surface area contributed by atoms with Gasteiger partial charge in [-0.15, -0.1) is 0 Å². The predicted molar refractivity (Wildman–Crippen MR) is 120 cm³/mol. The van der Waals surface area contributed by atoms with Crippen molar-refractivity contribution in [3.05, 3.63) is 88.5 Å². The van der Waals surface area contributed by atoms with Crippen LogP contribution >= 0.6 is 0 Å². The van der Waals surface area contributed by atoms with Crippen molar-refractivity contribution >= 4 is 33.0 Å². The topological polar surface area (TPSA) is 119 Å². The van der Waals surface area contributed by atoms with Crippen molar-refractivity contribution in [3.63, 3.8) is 0 Å². The number of rotatable bonds is 8. The van der Waals surface area contributed by atoms with Gasteiger partial charge in [0.05, 0.1) is 10.6 Å². The number of carbonyl (C=O) groups is 1. The maximum Gasteiger partial charge on any atom is 0.289 e. The van der Waals surface area contributed by atoms with Crippen LogP contribution in [0, 0.1) is 17.0 Å². The lowest BCUT2D eigenvalue weighted by molar-refractivity contribution is -0.387. The molecular formula is C22H21N3O6S. The van der Waals surface area contributed by atoms with Crippen LogP contribution < -0.4 is 14.4 Å². The molecule has 1 amide bonds. The Kier molecular flexibility index (Phi) is 6.74. The van der Waals surface area contributed by atoms with Gasteiger partial charge in [-0.1, -0.05) is 30.3 Å². The van der Waals surface area contributed by atoms with Gasteiger partial charge in [0, 0.05) is 18.8 Å². The molecule has 3 rings (SSSR count).